The Morgan fingerprint density at radius 2 is 2.33 bits per heavy atom. The Morgan fingerprint density at radius 3 is 3.05 bits per heavy atom. The summed E-state index contributed by atoms with van der Waals surface area (Å²) in [6.45, 7) is 5.86. The third-order valence-corrected chi connectivity index (χ3v) is 3.08. The lowest BCUT2D eigenvalue weighted by molar-refractivity contribution is -0.124. The molecule has 7 heteroatoms. The van der Waals surface area contributed by atoms with Crippen LogP contribution in [0.2, 0.25) is 0 Å². The fraction of sp³-hybridized carbons (Fsp3) is 0.500. The Bertz CT molecular complexity index is 549. The quantitative estimate of drug-likeness (QED) is 0.715. The molecule has 0 saturated heterocycles. The molecule has 0 aliphatic carbocycles. The number of carbonyl (C=O) groups excluding carboxylic acids is 1. The molecule has 2 aromatic rings. The second kappa shape index (κ2) is 7.58. The Hall–Kier alpha value is -2.15. The Labute approximate surface area is 123 Å². The van der Waals surface area contributed by atoms with Gasteiger partial charge >= 0.3 is 0 Å². The van der Waals surface area contributed by atoms with Crippen molar-refractivity contribution < 1.29 is 9.21 Å². The normalized spacial score (nSPS) is 12.3. The lowest BCUT2D eigenvalue weighted by Gasteiger charge is -2.10. The van der Waals surface area contributed by atoms with Gasteiger partial charge in [-0.2, -0.15) is 0 Å². The van der Waals surface area contributed by atoms with E-state index < -0.39 is 6.04 Å². The Balaban J connectivity index is 1.83. The first-order valence-corrected chi connectivity index (χ1v) is 7.12. The van der Waals surface area contributed by atoms with Crippen LogP contribution in [0.1, 0.15) is 37.8 Å². The van der Waals surface area contributed by atoms with Crippen molar-refractivity contribution in [3.05, 3.63) is 36.0 Å². The van der Waals surface area contributed by atoms with E-state index in [-0.39, 0.29) is 5.91 Å². The van der Waals surface area contributed by atoms with Gasteiger partial charge in [0.2, 0.25) is 5.91 Å². The van der Waals surface area contributed by atoms with Crippen molar-refractivity contribution >= 4 is 5.91 Å². The van der Waals surface area contributed by atoms with E-state index in [9.17, 15) is 4.79 Å². The fourth-order valence-electron chi connectivity index (χ4n) is 1.83. The third kappa shape index (κ3) is 4.42. The number of carbonyl (C=O) groups is 1. The molecule has 2 rings (SSSR count). The summed E-state index contributed by atoms with van der Waals surface area (Å²) in [7, 11) is 0. The second-order valence-corrected chi connectivity index (χ2v) is 4.84. The molecule has 1 atom stereocenters. The number of nitrogens with one attached hydrogen (secondary N) is 2. The number of aromatic nitrogens is 3. The van der Waals surface area contributed by atoms with Gasteiger partial charge in [-0.3, -0.25) is 4.79 Å². The summed E-state index contributed by atoms with van der Waals surface area (Å²) in [6.07, 6.45) is 4.44. The molecule has 21 heavy (non-hydrogen) atoms. The van der Waals surface area contributed by atoms with E-state index in [1.54, 1.807) is 30.1 Å². The molecule has 0 radical (unpaired) electrons. The predicted molar refractivity (Wildman–Crippen MR) is 77.3 cm³/mol. The van der Waals surface area contributed by atoms with Crippen LogP contribution in [0.25, 0.3) is 0 Å². The van der Waals surface area contributed by atoms with Crippen LogP contribution >= 0.6 is 0 Å². The summed E-state index contributed by atoms with van der Waals surface area (Å²) in [6, 6.07) is 3.20. The van der Waals surface area contributed by atoms with E-state index in [2.05, 4.69) is 27.9 Å². The van der Waals surface area contributed by atoms with E-state index in [4.69, 9.17) is 4.42 Å². The van der Waals surface area contributed by atoms with Crippen molar-refractivity contribution in [3.8, 4) is 0 Å². The molecule has 0 bridgehead atoms. The van der Waals surface area contributed by atoms with Crippen LogP contribution in [0.4, 0.5) is 0 Å². The summed E-state index contributed by atoms with van der Waals surface area (Å²) >= 11 is 0. The molecule has 1 unspecified atom stereocenters. The van der Waals surface area contributed by atoms with Crippen LogP contribution < -0.4 is 10.6 Å². The summed E-state index contributed by atoms with van der Waals surface area (Å²) in [5.41, 5.74) is 0.828. The highest BCUT2D eigenvalue weighted by Gasteiger charge is 2.16. The van der Waals surface area contributed by atoms with Gasteiger partial charge in [0.05, 0.1) is 24.7 Å². The number of nitrogens with zero attached hydrogens (tertiary/aromatic N) is 3. The van der Waals surface area contributed by atoms with Crippen molar-refractivity contribution in [1.82, 2.24) is 25.6 Å². The molecule has 2 N–H and O–H groups in total. The van der Waals surface area contributed by atoms with Gasteiger partial charge in [-0.05, 0) is 32.0 Å². The van der Waals surface area contributed by atoms with E-state index in [1.807, 2.05) is 6.07 Å². The molecule has 114 valence electrons. The maximum absolute atomic E-state index is 12.1. The SMILES string of the molecule is CCCNCc1cn(C(C)C(=O)NCc2ccco2)nn1. The molecule has 0 aliphatic rings. The van der Waals surface area contributed by atoms with Crippen molar-refractivity contribution in [1.29, 1.82) is 0 Å². The fourth-order valence-corrected chi connectivity index (χ4v) is 1.83. The number of hydrogen-bond donors (Lipinski definition) is 2. The van der Waals surface area contributed by atoms with Crippen molar-refractivity contribution in [2.45, 2.75) is 39.4 Å². The minimum absolute atomic E-state index is 0.121. The Morgan fingerprint density at radius 1 is 1.48 bits per heavy atom. The van der Waals surface area contributed by atoms with Crippen LogP contribution in [0, 0.1) is 0 Å². The highest BCUT2D eigenvalue weighted by atomic mass is 16.3. The second-order valence-electron chi connectivity index (χ2n) is 4.84. The molecule has 0 aliphatic heterocycles. The average molecular weight is 291 g/mol. The topological polar surface area (TPSA) is 85.0 Å². The minimum Gasteiger partial charge on any atom is -0.467 e. The average Bonchev–Trinajstić information content (AvgIpc) is 3.15. The number of amides is 1. The summed E-state index contributed by atoms with van der Waals surface area (Å²) in [5, 5.41) is 14.1. The maximum Gasteiger partial charge on any atom is 0.245 e. The van der Waals surface area contributed by atoms with E-state index in [0.717, 1.165) is 24.4 Å². The summed E-state index contributed by atoms with van der Waals surface area (Å²) in [5.74, 6) is 0.600. The first-order chi connectivity index (χ1) is 10.2. The van der Waals surface area contributed by atoms with Gasteiger partial charge in [-0.15, -0.1) is 5.10 Å². The minimum atomic E-state index is -0.410. The molecular formula is C14H21N5O2. The van der Waals surface area contributed by atoms with Crippen LogP contribution in [0.15, 0.2) is 29.0 Å². The van der Waals surface area contributed by atoms with E-state index in [1.165, 1.54) is 0 Å². The van der Waals surface area contributed by atoms with Crippen molar-refractivity contribution in [3.63, 3.8) is 0 Å². The highest BCUT2D eigenvalue weighted by molar-refractivity contribution is 5.79. The molecule has 0 saturated carbocycles. The van der Waals surface area contributed by atoms with Gasteiger partial charge in [0.15, 0.2) is 0 Å². The van der Waals surface area contributed by atoms with Gasteiger partial charge < -0.3 is 15.1 Å². The van der Waals surface area contributed by atoms with Gasteiger partial charge in [0.1, 0.15) is 11.8 Å². The first-order valence-electron chi connectivity index (χ1n) is 7.12. The molecule has 0 fully saturated rings. The van der Waals surface area contributed by atoms with Crippen LogP contribution in [0.3, 0.4) is 0 Å². The summed E-state index contributed by atoms with van der Waals surface area (Å²) in [4.78, 5) is 12.1. The van der Waals surface area contributed by atoms with Crippen molar-refractivity contribution in [2.75, 3.05) is 6.54 Å². The van der Waals surface area contributed by atoms with Crippen LogP contribution in [0.5, 0.6) is 0 Å². The molecule has 7 nitrogen and oxygen atoms in total. The zero-order valence-electron chi connectivity index (χ0n) is 12.4. The lowest BCUT2D eigenvalue weighted by Crippen LogP contribution is -2.30. The van der Waals surface area contributed by atoms with E-state index >= 15 is 0 Å². The van der Waals surface area contributed by atoms with Crippen LogP contribution in [-0.4, -0.2) is 27.4 Å². The number of furan rings is 1. The predicted octanol–water partition coefficient (Wildman–Crippen LogP) is 1.25. The van der Waals surface area contributed by atoms with Gasteiger partial charge in [-0.25, -0.2) is 4.68 Å². The summed E-state index contributed by atoms with van der Waals surface area (Å²) < 4.78 is 6.74. The van der Waals surface area contributed by atoms with Gasteiger partial charge in [0.25, 0.3) is 0 Å². The largest absolute Gasteiger partial charge is 0.467 e. The van der Waals surface area contributed by atoms with Gasteiger partial charge in [-0.1, -0.05) is 12.1 Å². The highest BCUT2D eigenvalue weighted by Crippen LogP contribution is 2.06. The third-order valence-electron chi connectivity index (χ3n) is 3.08. The lowest BCUT2D eigenvalue weighted by atomic mass is 10.3. The molecule has 0 spiro atoms. The smallest absolute Gasteiger partial charge is 0.245 e. The zero-order chi connectivity index (χ0) is 15.1. The molecule has 2 heterocycles. The first kappa shape index (κ1) is 15.2. The standard InChI is InChI=1S/C14H21N5O2/c1-3-6-15-8-12-10-19(18-17-12)11(2)14(20)16-9-13-5-4-7-21-13/h4-5,7,10-11,15H,3,6,8-9H2,1-2H3,(H,16,20). The number of hydrogen-bond acceptors (Lipinski definition) is 5. The number of rotatable bonds is 8. The van der Waals surface area contributed by atoms with Gasteiger partial charge in [0, 0.05) is 6.54 Å². The molecule has 0 aromatic carbocycles. The Kier molecular flexibility index (Phi) is 5.51. The van der Waals surface area contributed by atoms with Crippen molar-refractivity contribution in [2.24, 2.45) is 0 Å². The molecule has 1 amide bonds. The molecular weight excluding hydrogens is 270 g/mol. The van der Waals surface area contributed by atoms with Crippen LogP contribution in [-0.2, 0) is 17.9 Å². The van der Waals surface area contributed by atoms with E-state index in [0.29, 0.717) is 13.1 Å². The monoisotopic (exact) mass is 291 g/mol. The zero-order valence-corrected chi connectivity index (χ0v) is 12.4. The molecule has 2 aromatic heterocycles. The maximum atomic E-state index is 12.1.